The first-order chi connectivity index (χ1) is 16.6. The van der Waals surface area contributed by atoms with Crippen molar-refractivity contribution in [3.8, 4) is 0 Å². The minimum Gasteiger partial charge on any atom is -0.481 e. The predicted molar refractivity (Wildman–Crippen MR) is 127 cm³/mol. The van der Waals surface area contributed by atoms with Crippen LogP contribution in [-0.2, 0) is 28.8 Å². The molecule has 0 aromatic heterocycles. The van der Waals surface area contributed by atoms with Gasteiger partial charge in [0.05, 0.1) is 18.9 Å². The lowest BCUT2D eigenvalue weighted by Gasteiger charge is -2.25. The van der Waals surface area contributed by atoms with E-state index in [9.17, 15) is 33.9 Å². The summed E-state index contributed by atoms with van der Waals surface area (Å²) in [5, 5.41) is 25.1. The molecule has 0 aromatic rings. The molecule has 16 nitrogen and oxygen atoms in total. The number of guanidine groups is 1. The molecule has 13 N–H and O–H groups in total. The van der Waals surface area contributed by atoms with Gasteiger partial charge in [-0.2, -0.15) is 0 Å². The van der Waals surface area contributed by atoms with Crippen molar-refractivity contribution in [1.29, 1.82) is 0 Å². The third-order valence-corrected chi connectivity index (χ3v) is 4.67. The lowest BCUT2D eigenvalue weighted by molar-refractivity contribution is -0.142. The van der Waals surface area contributed by atoms with Crippen molar-refractivity contribution < 1.29 is 39.0 Å². The van der Waals surface area contributed by atoms with E-state index in [1.165, 1.54) is 0 Å². The fourth-order valence-electron chi connectivity index (χ4n) is 2.98. The number of carbonyl (C=O) groups excluding carboxylic acids is 4. The molecule has 0 heterocycles. The summed E-state index contributed by atoms with van der Waals surface area (Å²) in [4.78, 5) is 75.4. The topological polar surface area (TPSA) is 295 Å². The summed E-state index contributed by atoms with van der Waals surface area (Å²) in [5.74, 6) is -6.71. The molecule has 0 fully saturated rings. The van der Waals surface area contributed by atoms with Gasteiger partial charge < -0.3 is 49.1 Å². The van der Waals surface area contributed by atoms with Crippen LogP contribution >= 0.6 is 0 Å². The summed E-state index contributed by atoms with van der Waals surface area (Å²) in [7, 11) is 0. The predicted octanol–water partition coefficient (Wildman–Crippen LogP) is -3.70. The molecule has 0 rings (SSSR count). The minimum absolute atomic E-state index is 0.0530. The zero-order valence-corrected chi connectivity index (χ0v) is 20.2. The Hall–Kier alpha value is -3.95. The van der Waals surface area contributed by atoms with Crippen molar-refractivity contribution in [2.45, 2.75) is 70.1 Å². The molecule has 16 heteroatoms. The molecule has 0 aliphatic heterocycles. The zero-order valence-electron chi connectivity index (χ0n) is 20.2. The van der Waals surface area contributed by atoms with Gasteiger partial charge in [0.1, 0.15) is 18.1 Å². The van der Waals surface area contributed by atoms with E-state index >= 15 is 0 Å². The molecule has 0 saturated heterocycles. The first kappa shape index (κ1) is 32.0. The molecule has 0 bridgehead atoms. The van der Waals surface area contributed by atoms with E-state index < -0.39 is 72.6 Å². The van der Waals surface area contributed by atoms with Crippen LogP contribution in [0.3, 0.4) is 0 Å². The molecule has 0 spiro atoms. The number of aliphatic carboxylic acids is 2. The summed E-state index contributed by atoms with van der Waals surface area (Å²) < 4.78 is 0. The minimum atomic E-state index is -1.55. The maximum Gasteiger partial charge on any atom is 0.326 e. The van der Waals surface area contributed by atoms with Crippen molar-refractivity contribution in [2.75, 3.05) is 6.54 Å². The number of hydrogen-bond acceptors (Lipinski definition) is 8. The van der Waals surface area contributed by atoms with Gasteiger partial charge in [-0.25, -0.2) is 4.79 Å². The number of nitrogens with two attached hydrogens (primary N) is 4. The third kappa shape index (κ3) is 13.7. The third-order valence-electron chi connectivity index (χ3n) is 4.67. The Kier molecular flexibility index (Phi) is 14.1. The molecular weight excluding hydrogens is 480 g/mol. The Balaban J connectivity index is 5.50. The van der Waals surface area contributed by atoms with Crippen LogP contribution < -0.4 is 38.9 Å². The van der Waals surface area contributed by atoms with Crippen molar-refractivity contribution in [2.24, 2.45) is 33.8 Å². The van der Waals surface area contributed by atoms with Gasteiger partial charge in [-0.15, -0.1) is 0 Å². The van der Waals surface area contributed by atoms with E-state index in [0.29, 0.717) is 0 Å². The maximum atomic E-state index is 12.9. The van der Waals surface area contributed by atoms with Gasteiger partial charge in [0.15, 0.2) is 5.96 Å². The molecule has 0 aromatic carbocycles. The molecule has 0 aliphatic carbocycles. The highest BCUT2D eigenvalue weighted by molar-refractivity contribution is 5.96. The summed E-state index contributed by atoms with van der Waals surface area (Å²) in [6.45, 7) is 3.61. The summed E-state index contributed by atoms with van der Waals surface area (Å²) >= 11 is 0. The number of primary amides is 1. The second-order valence-electron chi connectivity index (χ2n) is 8.47. The van der Waals surface area contributed by atoms with Crippen LogP contribution in [0.4, 0.5) is 0 Å². The highest BCUT2D eigenvalue weighted by Crippen LogP contribution is 2.08. The van der Waals surface area contributed by atoms with Gasteiger partial charge in [0.2, 0.25) is 23.6 Å². The molecule has 0 aliphatic rings. The highest BCUT2D eigenvalue weighted by Gasteiger charge is 2.31. The Morgan fingerprint density at radius 2 is 1.33 bits per heavy atom. The number of nitrogens with zero attached hydrogens (tertiary/aromatic N) is 1. The quantitative estimate of drug-likeness (QED) is 0.0514. The first-order valence-corrected chi connectivity index (χ1v) is 11.1. The Morgan fingerprint density at radius 3 is 1.81 bits per heavy atom. The van der Waals surface area contributed by atoms with Gasteiger partial charge in [-0.1, -0.05) is 13.8 Å². The highest BCUT2D eigenvalue weighted by atomic mass is 16.4. The SMILES string of the molecule is CC(C)CC(NC(=O)C(N)CC(=O)O)C(=O)NC(CC(N)=O)C(=O)NC(CCCN=C(N)N)C(=O)O. The smallest absolute Gasteiger partial charge is 0.326 e. The van der Waals surface area contributed by atoms with Crippen molar-refractivity contribution in [3.05, 3.63) is 0 Å². The van der Waals surface area contributed by atoms with Crippen molar-refractivity contribution in [1.82, 2.24) is 16.0 Å². The van der Waals surface area contributed by atoms with Crippen LogP contribution in [0.1, 0.15) is 46.0 Å². The number of rotatable bonds is 17. The van der Waals surface area contributed by atoms with E-state index in [-0.39, 0.29) is 37.7 Å². The summed E-state index contributed by atoms with van der Waals surface area (Å²) in [6.07, 6.45) is -1.08. The number of carboxylic acids is 2. The fraction of sp³-hybridized carbons (Fsp3) is 0.650. The molecule has 0 radical (unpaired) electrons. The lowest BCUT2D eigenvalue weighted by atomic mass is 10.0. The molecule has 4 amide bonds. The number of nitrogens with one attached hydrogen (secondary N) is 3. The summed E-state index contributed by atoms with van der Waals surface area (Å²) in [6, 6.07) is -5.58. The average molecular weight is 517 g/mol. The van der Waals surface area contributed by atoms with E-state index in [2.05, 4.69) is 20.9 Å². The molecule has 0 saturated carbocycles. The molecule has 4 atom stereocenters. The maximum absolute atomic E-state index is 12.9. The monoisotopic (exact) mass is 516 g/mol. The Labute approximate surface area is 207 Å². The van der Waals surface area contributed by atoms with Crippen LogP contribution in [0.5, 0.6) is 0 Å². The second-order valence-corrected chi connectivity index (χ2v) is 8.47. The number of aliphatic imine (C=N–C) groups is 1. The second kappa shape index (κ2) is 15.9. The molecule has 4 unspecified atom stereocenters. The Bertz CT molecular complexity index is 844. The van der Waals surface area contributed by atoms with Gasteiger partial charge in [-0.3, -0.25) is 29.0 Å². The average Bonchev–Trinajstić information content (AvgIpc) is 2.73. The standard InChI is InChI=1S/C20H36N8O8/c1-9(2)6-12(27-16(32)10(21)7-15(30)31)17(33)28-13(8-14(22)29)18(34)26-11(19(35)36)4-3-5-25-20(23)24/h9-13H,3-8,21H2,1-2H3,(H2,22,29)(H,26,34)(H,27,32)(H,28,33)(H,30,31)(H,35,36)(H4,23,24,25). The van der Waals surface area contributed by atoms with Gasteiger partial charge in [-0.05, 0) is 25.2 Å². The normalized spacial score (nSPS) is 14.0. The van der Waals surface area contributed by atoms with E-state index in [0.717, 1.165) is 0 Å². The van der Waals surface area contributed by atoms with Gasteiger partial charge in [0, 0.05) is 6.54 Å². The van der Waals surface area contributed by atoms with Crippen LogP contribution in [-0.4, -0.2) is 82.5 Å². The van der Waals surface area contributed by atoms with Crippen molar-refractivity contribution >= 4 is 41.5 Å². The van der Waals surface area contributed by atoms with Gasteiger partial charge in [0.25, 0.3) is 0 Å². The largest absolute Gasteiger partial charge is 0.481 e. The van der Waals surface area contributed by atoms with E-state index in [4.69, 9.17) is 28.0 Å². The number of hydrogen-bond donors (Lipinski definition) is 9. The fourth-order valence-corrected chi connectivity index (χ4v) is 2.98. The van der Waals surface area contributed by atoms with Crippen LogP contribution in [0.25, 0.3) is 0 Å². The molecular formula is C20H36N8O8. The Morgan fingerprint density at radius 1 is 0.806 bits per heavy atom. The van der Waals surface area contributed by atoms with Crippen LogP contribution in [0.15, 0.2) is 4.99 Å². The van der Waals surface area contributed by atoms with Crippen molar-refractivity contribution in [3.63, 3.8) is 0 Å². The number of amides is 4. The zero-order chi connectivity index (χ0) is 28.0. The van der Waals surface area contributed by atoms with Gasteiger partial charge >= 0.3 is 11.9 Å². The first-order valence-electron chi connectivity index (χ1n) is 11.1. The van der Waals surface area contributed by atoms with Crippen LogP contribution in [0.2, 0.25) is 0 Å². The molecule has 36 heavy (non-hydrogen) atoms. The summed E-state index contributed by atoms with van der Waals surface area (Å²) in [5.41, 5.74) is 21.1. The van der Waals surface area contributed by atoms with E-state index in [1.807, 2.05) is 0 Å². The van der Waals surface area contributed by atoms with Crippen LogP contribution in [0, 0.1) is 5.92 Å². The number of carboxylic acid groups (broad SMARTS) is 2. The van der Waals surface area contributed by atoms with E-state index in [1.54, 1.807) is 13.8 Å². The lowest BCUT2D eigenvalue weighted by Crippen LogP contribution is -2.58. The number of carbonyl (C=O) groups is 6. The molecule has 204 valence electrons.